The summed E-state index contributed by atoms with van der Waals surface area (Å²) >= 11 is 8.12. The molecule has 2 N–H and O–H groups in total. The van der Waals surface area contributed by atoms with Crippen LogP contribution in [0.3, 0.4) is 0 Å². The van der Waals surface area contributed by atoms with Crippen molar-refractivity contribution in [3.8, 4) is 5.75 Å². The van der Waals surface area contributed by atoms with Crippen LogP contribution in [-0.4, -0.2) is 64.9 Å². The highest BCUT2D eigenvalue weighted by Crippen LogP contribution is 2.39. The third-order valence-electron chi connectivity index (χ3n) is 7.26. The molecule has 0 aliphatic carbocycles. The van der Waals surface area contributed by atoms with Crippen LogP contribution < -0.4 is 15.4 Å². The third-order valence-corrected chi connectivity index (χ3v) is 8.68. The summed E-state index contributed by atoms with van der Waals surface area (Å²) in [5.74, 6) is 0.949. The molecule has 11 heteroatoms. The van der Waals surface area contributed by atoms with E-state index in [0.29, 0.717) is 29.7 Å². The van der Waals surface area contributed by atoms with Crippen molar-refractivity contribution in [2.45, 2.75) is 19.6 Å². The Hall–Kier alpha value is -3.57. The van der Waals surface area contributed by atoms with E-state index < -0.39 is 0 Å². The van der Waals surface area contributed by atoms with E-state index in [4.69, 9.17) is 16.3 Å². The first-order valence-electron chi connectivity index (χ1n) is 13.6. The second kappa shape index (κ2) is 12.5. The molecule has 0 radical (unpaired) electrons. The summed E-state index contributed by atoms with van der Waals surface area (Å²) < 4.78 is 19.3. The number of rotatable bonds is 8. The van der Waals surface area contributed by atoms with Gasteiger partial charge in [-0.1, -0.05) is 29.8 Å². The van der Waals surface area contributed by atoms with Gasteiger partial charge in [0.2, 0.25) is 5.91 Å². The molecule has 2 aromatic carbocycles. The van der Waals surface area contributed by atoms with E-state index in [1.165, 1.54) is 17.7 Å². The number of halogens is 2. The number of ether oxygens (including phenoxy) is 1. The molecule has 2 aromatic heterocycles. The molecule has 0 spiro atoms. The smallest absolute Gasteiger partial charge is 0.246 e. The Morgan fingerprint density at radius 2 is 2.05 bits per heavy atom. The number of hydrogen-bond donors (Lipinski definition) is 2. The predicted octanol–water partition coefficient (Wildman–Crippen LogP) is 5.15. The summed E-state index contributed by atoms with van der Waals surface area (Å²) in [4.78, 5) is 28.2. The van der Waals surface area contributed by atoms with Crippen LogP contribution >= 0.6 is 22.9 Å². The van der Waals surface area contributed by atoms with E-state index in [1.807, 2.05) is 17.0 Å². The Morgan fingerprint density at radius 3 is 2.88 bits per heavy atom. The zero-order valence-electron chi connectivity index (χ0n) is 22.4. The molecule has 1 amide bonds. The minimum absolute atomic E-state index is 0.0435. The zero-order valence-corrected chi connectivity index (χ0v) is 24.0. The fourth-order valence-corrected chi connectivity index (χ4v) is 6.57. The van der Waals surface area contributed by atoms with Gasteiger partial charge in [0.15, 0.2) is 0 Å². The van der Waals surface area contributed by atoms with Crippen LogP contribution in [0.25, 0.3) is 10.2 Å². The Kier molecular flexibility index (Phi) is 8.43. The number of piperazine rings is 1. The minimum Gasteiger partial charge on any atom is -0.487 e. The number of nitrogens with one attached hydrogen (secondary N) is 2. The van der Waals surface area contributed by atoms with Crippen LogP contribution in [0.5, 0.6) is 5.75 Å². The van der Waals surface area contributed by atoms with Crippen molar-refractivity contribution in [2.75, 3.05) is 44.6 Å². The average Bonchev–Trinajstić information content (AvgIpc) is 3.36. The zero-order chi connectivity index (χ0) is 28.2. The third kappa shape index (κ3) is 6.51. The lowest BCUT2D eigenvalue weighted by molar-refractivity contribution is -0.126. The monoisotopic (exact) mass is 592 g/mol. The number of nitrogens with zero attached hydrogens (tertiary/aromatic N) is 4. The fourth-order valence-electron chi connectivity index (χ4n) is 5.13. The van der Waals surface area contributed by atoms with Gasteiger partial charge >= 0.3 is 0 Å². The Labute approximate surface area is 246 Å². The van der Waals surface area contributed by atoms with E-state index in [9.17, 15) is 9.18 Å². The maximum Gasteiger partial charge on any atom is 0.246 e. The van der Waals surface area contributed by atoms with Crippen LogP contribution in [-0.2, 0) is 24.4 Å². The van der Waals surface area contributed by atoms with Crippen molar-refractivity contribution in [2.24, 2.45) is 0 Å². The van der Waals surface area contributed by atoms with Gasteiger partial charge in [-0.3, -0.25) is 9.69 Å². The topological polar surface area (TPSA) is 82.6 Å². The summed E-state index contributed by atoms with van der Waals surface area (Å²) in [7, 11) is 0. The van der Waals surface area contributed by atoms with Gasteiger partial charge in [-0.2, -0.15) is 0 Å². The number of thiophene rings is 1. The Morgan fingerprint density at radius 1 is 1.17 bits per heavy atom. The molecule has 0 atom stereocenters. The molecule has 212 valence electrons. The average molecular weight is 593 g/mol. The van der Waals surface area contributed by atoms with E-state index in [1.54, 1.807) is 48.0 Å². The Bertz CT molecular complexity index is 1590. The van der Waals surface area contributed by atoms with Crippen molar-refractivity contribution in [3.63, 3.8) is 0 Å². The number of hydrogen-bond acceptors (Lipinski definition) is 8. The van der Waals surface area contributed by atoms with Gasteiger partial charge in [0.25, 0.3) is 0 Å². The van der Waals surface area contributed by atoms with Crippen LogP contribution in [0.4, 0.5) is 15.9 Å². The molecule has 6 rings (SSSR count). The molecule has 8 nitrogen and oxygen atoms in total. The summed E-state index contributed by atoms with van der Waals surface area (Å²) in [5, 5.41) is 8.15. The highest BCUT2D eigenvalue weighted by Gasteiger charge is 2.25. The SMILES string of the molecule is O=C(/C=C/CN1CCNCC1)N1CCc2c(sc3ncnc(Nc4ccc(OCc5cccc(F)c5)c(Cl)c4)c23)C1. The number of carbonyl (C=O) groups is 1. The van der Waals surface area contributed by atoms with Crippen LogP contribution in [0, 0.1) is 5.82 Å². The summed E-state index contributed by atoms with van der Waals surface area (Å²) in [6, 6.07) is 11.7. The second-order valence-corrected chi connectivity index (χ2v) is 11.5. The van der Waals surface area contributed by atoms with Crippen molar-refractivity contribution >= 4 is 50.6 Å². The summed E-state index contributed by atoms with van der Waals surface area (Å²) in [6.07, 6.45) is 5.97. The molecule has 1 saturated heterocycles. The standard InChI is InChI=1S/C30H30ClFN6O2S/c31-24-16-22(6-7-25(24)40-18-20-3-1-4-21(32)15-20)36-29-28-23-8-12-38(17-26(23)41-30(28)35-19-34-29)27(39)5-2-11-37-13-9-33-10-14-37/h1-7,15-16,19,33H,8-14,17-18H2,(H,34,35,36)/b5-2+. The van der Waals surface area contributed by atoms with Gasteiger partial charge in [-0.15, -0.1) is 11.3 Å². The van der Waals surface area contributed by atoms with Gasteiger partial charge in [0, 0.05) is 55.9 Å². The summed E-state index contributed by atoms with van der Waals surface area (Å²) in [5.41, 5.74) is 2.67. The molecule has 2 aliphatic heterocycles. The minimum atomic E-state index is -0.305. The largest absolute Gasteiger partial charge is 0.487 e. The highest BCUT2D eigenvalue weighted by atomic mass is 35.5. The van der Waals surface area contributed by atoms with E-state index in [0.717, 1.165) is 65.5 Å². The molecule has 4 aromatic rings. The lowest BCUT2D eigenvalue weighted by Gasteiger charge is -2.27. The number of aromatic nitrogens is 2. The van der Waals surface area contributed by atoms with Gasteiger partial charge in [0.05, 0.1) is 17.0 Å². The highest BCUT2D eigenvalue weighted by molar-refractivity contribution is 7.19. The molecule has 0 bridgehead atoms. The molecular formula is C30H30ClFN6O2S. The second-order valence-electron chi connectivity index (χ2n) is 10.1. The number of benzene rings is 2. The van der Waals surface area contributed by atoms with E-state index in [2.05, 4.69) is 25.5 Å². The van der Waals surface area contributed by atoms with Crippen molar-refractivity contribution in [1.29, 1.82) is 0 Å². The number of anilines is 2. The first kappa shape index (κ1) is 27.6. The molecule has 0 saturated carbocycles. The quantitative estimate of drug-likeness (QED) is 0.274. The maximum atomic E-state index is 13.5. The molecule has 0 unspecified atom stereocenters. The van der Waals surface area contributed by atoms with Crippen molar-refractivity contribution in [3.05, 3.63) is 87.8 Å². The summed E-state index contributed by atoms with van der Waals surface area (Å²) in [6.45, 7) is 6.22. The van der Waals surface area contributed by atoms with Crippen LogP contribution in [0.1, 0.15) is 16.0 Å². The first-order valence-corrected chi connectivity index (χ1v) is 14.8. The molecular weight excluding hydrogens is 563 g/mol. The van der Waals surface area contributed by atoms with Crippen molar-refractivity contribution < 1.29 is 13.9 Å². The van der Waals surface area contributed by atoms with Gasteiger partial charge in [-0.05, 0) is 47.9 Å². The maximum absolute atomic E-state index is 13.5. The van der Waals surface area contributed by atoms with Crippen LogP contribution in [0.2, 0.25) is 5.02 Å². The number of amides is 1. The van der Waals surface area contributed by atoms with Gasteiger partial charge in [0.1, 0.15) is 35.1 Å². The van der Waals surface area contributed by atoms with Gasteiger partial charge < -0.3 is 20.3 Å². The molecule has 41 heavy (non-hydrogen) atoms. The molecule has 4 heterocycles. The fraction of sp³-hybridized carbons (Fsp3) is 0.300. The van der Waals surface area contributed by atoms with Crippen LogP contribution in [0.15, 0.2) is 60.9 Å². The predicted molar refractivity (Wildman–Crippen MR) is 160 cm³/mol. The van der Waals surface area contributed by atoms with E-state index >= 15 is 0 Å². The lowest BCUT2D eigenvalue weighted by atomic mass is 10.0. The van der Waals surface area contributed by atoms with E-state index in [-0.39, 0.29) is 18.3 Å². The molecule has 1 fully saturated rings. The van der Waals surface area contributed by atoms with Gasteiger partial charge in [-0.25, -0.2) is 14.4 Å². The first-order chi connectivity index (χ1) is 20.0. The van der Waals surface area contributed by atoms with Crippen molar-refractivity contribution in [1.82, 2.24) is 25.1 Å². The Balaban J connectivity index is 1.13. The normalized spacial score (nSPS) is 15.8. The lowest BCUT2D eigenvalue weighted by Crippen LogP contribution is -2.43. The number of fused-ring (bicyclic) bond motifs is 3. The molecule has 2 aliphatic rings. The number of carbonyl (C=O) groups excluding carboxylic acids is 1.